The number of rotatable bonds is 2. The molecule has 1 heterocycles. The van der Waals surface area contributed by atoms with Gasteiger partial charge < -0.3 is 15.3 Å². The number of likely N-dealkylation sites (tertiary alicyclic amines) is 1. The Bertz CT molecular complexity index is 403. The lowest BCUT2D eigenvalue weighted by atomic mass is 9.92. The van der Waals surface area contributed by atoms with Gasteiger partial charge >= 0.3 is 0 Å². The summed E-state index contributed by atoms with van der Waals surface area (Å²) in [5.74, 6) is -0.0691. The van der Waals surface area contributed by atoms with Gasteiger partial charge in [-0.15, -0.1) is 0 Å². The number of nitrogens with zero attached hydrogens (tertiary/aromatic N) is 1. The van der Waals surface area contributed by atoms with Gasteiger partial charge in [-0.1, -0.05) is 33.6 Å². The van der Waals surface area contributed by atoms with Crippen LogP contribution in [0.1, 0.15) is 59.3 Å². The standard InChI is InChI=1S/C16H28N2O3/c1-16(2,3)15(21)18-10-6-8-12(18)14(20)17-11-7-4-5-9-13(11)19/h11-13,19H,4-10H2,1-3H3,(H,17,20)/t11-,12?,13-/m1/s1. The molecule has 2 rings (SSSR count). The number of carbonyl (C=O) groups is 2. The van der Waals surface area contributed by atoms with E-state index in [2.05, 4.69) is 5.32 Å². The van der Waals surface area contributed by atoms with Gasteiger partial charge in [-0.2, -0.15) is 0 Å². The highest BCUT2D eigenvalue weighted by molar-refractivity contribution is 5.90. The number of carbonyl (C=O) groups excluding carboxylic acids is 2. The van der Waals surface area contributed by atoms with Gasteiger partial charge in [0.2, 0.25) is 11.8 Å². The number of aliphatic hydroxyl groups is 1. The zero-order valence-corrected chi connectivity index (χ0v) is 13.4. The largest absolute Gasteiger partial charge is 0.391 e. The fraction of sp³-hybridized carbons (Fsp3) is 0.875. The van der Waals surface area contributed by atoms with Gasteiger partial charge in [-0.05, 0) is 25.7 Å². The number of amides is 2. The van der Waals surface area contributed by atoms with Crippen LogP contribution >= 0.6 is 0 Å². The Morgan fingerprint density at radius 3 is 2.38 bits per heavy atom. The van der Waals surface area contributed by atoms with Crippen LogP contribution in [-0.4, -0.2) is 46.6 Å². The molecule has 1 saturated carbocycles. The van der Waals surface area contributed by atoms with Crippen molar-refractivity contribution < 1.29 is 14.7 Å². The fourth-order valence-electron chi connectivity index (χ4n) is 3.27. The predicted molar refractivity (Wildman–Crippen MR) is 80.6 cm³/mol. The van der Waals surface area contributed by atoms with Crippen molar-refractivity contribution in [2.24, 2.45) is 5.41 Å². The van der Waals surface area contributed by atoms with E-state index < -0.39 is 11.5 Å². The van der Waals surface area contributed by atoms with E-state index in [0.717, 1.165) is 38.5 Å². The van der Waals surface area contributed by atoms with Gasteiger partial charge in [0.1, 0.15) is 6.04 Å². The molecule has 1 saturated heterocycles. The maximum atomic E-state index is 12.5. The molecule has 1 aliphatic heterocycles. The molecule has 2 aliphatic rings. The summed E-state index contributed by atoms with van der Waals surface area (Å²) in [6.07, 6.45) is 4.77. The Kier molecular flexibility index (Phi) is 4.91. The van der Waals surface area contributed by atoms with Crippen molar-refractivity contribution in [3.8, 4) is 0 Å². The molecule has 0 radical (unpaired) electrons. The van der Waals surface area contributed by atoms with E-state index >= 15 is 0 Å². The normalized spacial score (nSPS) is 30.3. The molecule has 120 valence electrons. The van der Waals surface area contributed by atoms with Crippen molar-refractivity contribution in [2.45, 2.75) is 77.5 Å². The molecule has 0 spiro atoms. The smallest absolute Gasteiger partial charge is 0.243 e. The molecule has 2 N–H and O–H groups in total. The Morgan fingerprint density at radius 1 is 1.10 bits per heavy atom. The lowest BCUT2D eigenvalue weighted by Gasteiger charge is -2.33. The average molecular weight is 296 g/mol. The van der Waals surface area contributed by atoms with Crippen LogP contribution in [0.3, 0.4) is 0 Å². The molecule has 0 aromatic heterocycles. The molecular weight excluding hydrogens is 268 g/mol. The third-order valence-electron chi connectivity index (χ3n) is 4.52. The second-order valence-electron chi connectivity index (χ2n) is 7.37. The van der Waals surface area contributed by atoms with E-state index in [4.69, 9.17) is 0 Å². The number of hydrogen-bond acceptors (Lipinski definition) is 3. The lowest BCUT2D eigenvalue weighted by Crippen LogP contribution is -2.54. The first-order chi connectivity index (χ1) is 9.80. The topological polar surface area (TPSA) is 69.6 Å². The quantitative estimate of drug-likeness (QED) is 0.810. The Hall–Kier alpha value is -1.10. The molecule has 2 fully saturated rings. The highest BCUT2D eigenvalue weighted by Gasteiger charge is 2.39. The molecule has 0 aromatic rings. The van der Waals surface area contributed by atoms with E-state index in [1.807, 2.05) is 20.8 Å². The van der Waals surface area contributed by atoms with Crippen molar-refractivity contribution >= 4 is 11.8 Å². The van der Waals surface area contributed by atoms with Crippen LogP contribution in [0.5, 0.6) is 0 Å². The van der Waals surface area contributed by atoms with Gasteiger partial charge in [-0.25, -0.2) is 0 Å². The minimum absolute atomic E-state index is 0.0318. The first-order valence-electron chi connectivity index (χ1n) is 8.10. The van der Waals surface area contributed by atoms with E-state index in [9.17, 15) is 14.7 Å². The second-order valence-corrected chi connectivity index (χ2v) is 7.37. The van der Waals surface area contributed by atoms with Gasteiger partial charge in [0.15, 0.2) is 0 Å². The predicted octanol–water partition coefficient (Wildman–Crippen LogP) is 1.44. The summed E-state index contributed by atoms with van der Waals surface area (Å²) >= 11 is 0. The molecule has 2 amide bonds. The second kappa shape index (κ2) is 6.34. The first kappa shape index (κ1) is 16.3. The minimum Gasteiger partial charge on any atom is -0.391 e. The van der Waals surface area contributed by atoms with Gasteiger partial charge in [0.25, 0.3) is 0 Å². The molecule has 1 unspecified atom stereocenters. The number of hydrogen-bond donors (Lipinski definition) is 2. The maximum absolute atomic E-state index is 12.5. The minimum atomic E-state index is -0.465. The van der Waals surface area contributed by atoms with Crippen LogP contribution in [0.25, 0.3) is 0 Å². The lowest BCUT2D eigenvalue weighted by molar-refractivity contribution is -0.145. The van der Waals surface area contributed by atoms with Crippen LogP contribution < -0.4 is 5.32 Å². The average Bonchev–Trinajstić information content (AvgIpc) is 2.88. The van der Waals surface area contributed by atoms with Crippen molar-refractivity contribution in [3.05, 3.63) is 0 Å². The van der Waals surface area contributed by atoms with Gasteiger partial charge in [0.05, 0.1) is 12.1 Å². The van der Waals surface area contributed by atoms with Crippen LogP contribution in [0.4, 0.5) is 0 Å². The monoisotopic (exact) mass is 296 g/mol. The van der Waals surface area contributed by atoms with E-state index in [0.29, 0.717) is 6.54 Å². The molecule has 0 aromatic carbocycles. The SMILES string of the molecule is CC(C)(C)C(=O)N1CCCC1C(=O)N[C@@H]1CCCC[C@H]1O. The third kappa shape index (κ3) is 3.76. The Morgan fingerprint density at radius 2 is 1.76 bits per heavy atom. The summed E-state index contributed by atoms with van der Waals surface area (Å²) in [6, 6.07) is -0.524. The van der Waals surface area contributed by atoms with Crippen molar-refractivity contribution in [1.29, 1.82) is 0 Å². The summed E-state index contributed by atoms with van der Waals surface area (Å²) < 4.78 is 0. The highest BCUT2D eigenvalue weighted by atomic mass is 16.3. The zero-order valence-electron chi connectivity index (χ0n) is 13.4. The van der Waals surface area contributed by atoms with Crippen molar-refractivity contribution in [3.63, 3.8) is 0 Å². The van der Waals surface area contributed by atoms with Crippen LogP contribution in [0.2, 0.25) is 0 Å². The van der Waals surface area contributed by atoms with Crippen molar-refractivity contribution in [2.75, 3.05) is 6.54 Å². The summed E-state index contributed by atoms with van der Waals surface area (Å²) in [5.41, 5.74) is -0.465. The van der Waals surface area contributed by atoms with Crippen LogP contribution in [0, 0.1) is 5.41 Å². The van der Waals surface area contributed by atoms with Crippen LogP contribution in [0.15, 0.2) is 0 Å². The third-order valence-corrected chi connectivity index (χ3v) is 4.52. The molecule has 0 bridgehead atoms. The summed E-state index contributed by atoms with van der Waals surface area (Å²) in [4.78, 5) is 26.6. The van der Waals surface area contributed by atoms with Crippen LogP contribution in [-0.2, 0) is 9.59 Å². The molecule has 21 heavy (non-hydrogen) atoms. The van der Waals surface area contributed by atoms with Gasteiger partial charge in [0, 0.05) is 12.0 Å². The Labute approximate surface area is 127 Å². The fourth-order valence-corrected chi connectivity index (χ4v) is 3.27. The van der Waals surface area contributed by atoms with Gasteiger partial charge in [-0.3, -0.25) is 9.59 Å². The zero-order chi connectivity index (χ0) is 15.6. The van der Waals surface area contributed by atoms with E-state index in [-0.39, 0.29) is 23.9 Å². The van der Waals surface area contributed by atoms with E-state index in [1.54, 1.807) is 4.90 Å². The molecule has 5 heteroatoms. The molecular formula is C16H28N2O3. The molecule has 1 aliphatic carbocycles. The number of nitrogens with one attached hydrogen (secondary N) is 1. The molecule has 5 nitrogen and oxygen atoms in total. The van der Waals surface area contributed by atoms with Crippen molar-refractivity contribution in [1.82, 2.24) is 10.2 Å². The summed E-state index contributed by atoms with van der Waals surface area (Å²) in [7, 11) is 0. The summed E-state index contributed by atoms with van der Waals surface area (Å²) in [5, 5.41) is 12.9. The van der Waals surface area contributed by atoms with E-state index in [1.165, 1.54) is 0 Å². The Balaban J connectivity index is 1.99. The highest BCUT2D eigenvalue weighted by Crippen LogP contribution is 2.26. The molecule has 3 atom stereocenters. The summed E-state index contributed by atoms with van der Waals surface area (Å²) in [6.45, 7) is 6.30. The maximum Gasteiger partial charge on any atom is 0.243 e. The first-order valence-corrected chi connectivity index (χ1v) is 8.10. The number of aliphatic hydroxyl groups excluding tert-OH is 1.